The Morgan fingerprint density at radius 1 is 0.614 bits per heavy atom. The van der Waals surface area contributed by atoms with Crippen LogP contribution in [-0.2, 0) is 19.1 Å². The predicted molar refractivity (Wildman–Crippen MR) is 185 cm³/mol. The minimum Gasteiger partial charge on any atom is -0.480 e. The van der Waals surface area contributed by atoms with E-state index < -0.39 is 5.97 Å². The summed E-state index contributed by atoms with van der Waals surface area (Å²) in [6, 6.07) is 0. The van der Waals surface area contributed by atoms with Crippen LogP contribution in [-0.4, -0.2) is 35.6 Å². The van der Waals surface area contributed by atoms with Gasteiger partial charge in [-0.1, -0.05) is 127 Å². The van der Waals surface area contributed by atoms with Gasteiger partial charge < -0.3 is 15.2 Å². The van der Waals surface area contributed by atoms with Gasteiger partial charge in [0, 0.05) is 12.8 Å². The molecule has 0 aromatic rings. The molecule has 0 spiro atoms. The second kappa shape index (κ2) is 33.5. The Morgan fingerprint density at radius 3 is 1.70 bits per heavy atom. The van der Waals surface area contributed by atoms with E-state index in [0.29, 0.717) is 12.8 Å². The van der Waals surface area contributed by atoms with E-state index in [4.69, 9.17) is 9.84 Å². The van der Waals surface area contributed by atoms with Crippen molar-refractivity contribution in [3.8, 4) is 0 Å². The molecule has 0 aromatic carbocycles. The summed E-state index contributed by atoms with van der Waals surface area (Å²) in [5, 5.41) is 11.0. The lowest BCUT2D eigenvalue weighted by Crippen LogP contribution is -2.28. The molecule has 0 saturated heterocycles. The molecule has 1 unspecified atom stereocenters. The van der Waals surface area contributed by atoms with Gasteiger partial charge in [-0.05, 0) is 70.6 Å². The number of carbonyl (C=O) groups excluding carboxylic acids is 2. The molecule has 254 valence electrons. The lowest BCUT2D eigenvalue weighted by atomic mass is 10.0. The van der Waals surface area contributed by atoms with E-state index in [1.165, 1.54) is 70.6 Å². The minimum atomic E-state index is -1.02. The fraction of sp³-hybridized carbons (Fsp3) is 0.763. The van der Waals surface area contributed by atoms with Crippen molar-refractivity contribution in [2.75, 3.05) is 6.54 Å². The summed E-state index contributed by atoms with van der Waals surface area (Å²) in [6.07, 6.45) is 39.8. The second-order valence-corrected chi connectivity index (χ2v) is 12.1. The number of aliphatic carboxylic acids is 1. The molecule has 0 aliphatic carbocycles. The van der Waals surface area contributed by atoms with Gasteiger partial charge in [0.05, 0.1) is 0 Å². The maximum Gasteiger partial charge on any atom is 0.322 e. The largest absolute Gasteiger partial charge is 0.480 e. The predicted octanol–water partition coefficient (Wildman–Crippen LogP) is 10.6. The van der Waals surface area contributed by atoms with Crippen LogP contribution in [0.3, 0.4) is 0 Å². The van der Waals surface area contributed by atoms with Crippen molar-refractivity contribution in [2.45, 2.75) is 180 Å². The normalized spacial score (nSPS) is 12.4. The zero-order valence-corrected chi connectivity index (χ0v) is 28.5. The Kier molecular flexibility index (Phi) is 31.7. The Labute approximate surface area is 270 Å². The van der Waals surface area contributed by atoms with Crippen LogP contribution in [0.4, 0.5) is 0 Å². The van der Waals surface area contributed by atoms with Crippen molar-refractivity contribution in [3.05, 3.63) is 36.5 Å². The lowest BCUT2D eigenvalue weighted by Gasteiger charge is -2.18. The molecule has 6 nitrogen and oxygen atoms in total. The molecule has 0 rings (SSSR count). The molecule has 0 radical (unpaired) electrons. The Hall–Kier alpha value is -2.37. The van der Waals surface area contributed by atoms with Crippen LogP contribution in [0.25, 0.3) is 0 Å². The fourth-order valence-corrected chi connectivity index (χ4v) is 5.18. The SMILES string of the molecule is CC/C=C\C/C=C\C/C=C\CCCCCCCCCC(=O)OC(CCCCCCCC)CCCCCCC(=O)NCC(=O)O. The monoisotopic (exact) mass is 618 g/mol. The summed E-state index contributed by atoms with van der Waals surface area (Å²) in [4.78, 5) is 34.8. The lowest BCUT2D eigenvalue weighted by molar-refractivity contribution is -0.150. The second-order valence-electron chi connectivity index (χ2n) is 12.1. The standard InChI is InChI=1S/C38H67NO5/c1-3-5-7-9-11-12-13-14-15-16-17-18-19-20-21-23-29-33-38(43)44-35(30-26-22-10-8-6-4-2)31-27-24-25-28-32-36(40)39-34-37(41)42/h5,7,11-12,14-15,35H,3-4,6,8-10,13,16-34H2,1-2H3,(H,39,40)(H,41,42)/b7-5-,12-11-,15-14-. The number of ether oxygens (including phenoxy) is 1. The first-order valence-electron chi connectivity index (χ1n) is 18.1. The van der Waals surface area contributed by atoms with Gasteiger partial charge in [-0.2, -0.15) is 0 Å². The minimum absolute atomic E-state index is 0.000520. The summed E-state index contributed by atoms with van der Waals surface area (Å²) in [7, 11) is 0. The molecule has 0 bridgehead atoms. The summed E-state index contributed by atoms with van der Waals surface area (Å²) < 4.78 is 5.93. The number of hydrogen-bond donors (Lipinski definition) is 2. The number of allylic oxidation sites excluding steroid dienone is 6. The van der Waals surface area contributed by atoms with Crippen LogP contribution in [0.1, 0.15) is 174 Å². The number of carboxylic acids is 1. The number of unbranched alkanes of at least 4 members (excludes halogenated alkanes) is 15. The Morgan fingerprint density at radius 2 is 1.11 bits per heavy atom. The topological polar surface area (TPSA) is 92.7 Å². The first-order chi connectivity index (χ1) is 21.5. The van der Waals surface area contributed by atoms with Crippen LogP contribution < -0.4 is 5.32 Å². The summed E-state index contributed by atoms with van der Waals surface area (Å²) in [5.41, 5.74) is 0. The van der Waals surface area contributed by atoms with E-state index in [-0.39, 0.29) is 24.5 Å². The highest BCUT2D eigenvalue weighted by Gasteiger charge is 2.14. The van der Waals surface area contributed by atoms with E-state index in [1.54, 1.807) is 0 Å². The summed E-state index contributed by atoms with van der Waals surface area (Å²) >= 11 is 0. The molecule has 44 heavy (non-hydrogen) atoms. The maximum absolute atomic E-state index is 12.6. The highest BCUT2D eigenvalue weighted by atomic mass is 16.5. The van der Waals surface area contributed by atoms with E-state index >= 15 is 0 Å². The zero-order valence-electron chi connectivity index (χ0n) is 28.5. The average molecular weight is 618 g/mol. The molecule has 0 heterocycles. The molecule has 0 fully saturated rings. The average Bonchev–Trinajstić information content (AvgIpc) is 3.00. The van der Waals surface area contributed by atoms with Crippen molar-refractivity contribution in [3.63, 3.8) is 0 Å². The van der Waals surface area contributed by atoms with Gasteiger partial charge in [-0.15, -0.1) is 0 Å². The fourth-order valence-electron chi connectivity index (χ4n) is 5.18. The van der Waals surface area contributed by atoms with Gasteiger partial charge >= 0.3 is 11.9 Å². The summed E-state index contributed by atoms with van der Waals surface area (Å²) in [6.45, 7) is 4.07. The van der Waals surface area contributed by atoms with Crippen molar-refractivity contribution in [2.24, 2.45) is 0 Å². The third-order valence-corrected chi connectivity index (χ3v) is 7.83. The maximum atomic E-state index is 12.6. The van der Waals surface area contributed by atoms with E-state index in [2.05, 4.69) is 55.6 Å². The van der Waals surface area contributed by atoms with Crippen LogP contribution in [0.2, 0.25) is 0 Å². The van der Waals surface area contributed by atoms with Crippen LogP contribution in [0, 0.1) is 0 Å². The van der Waals surface area contributed by atoms with E-state index in [0.717, 1.165) is 77.0 Å². The number of rotatable bonds is 32. The first-order valence-corrected chi connectivity index (χ1v) is 18.1. The number of nitrogens with one attached hydrogen (secondary N) is 1. The quantitative estimate of drug-likeness (QED) is 0.0445. The van der Waals surface area contributed by atoms with Gasteiger partial charge in [0.2, 0.25) is 5.91 Å². The Balaban J connectivity index is 4.01. The smallest absolute Gasteiger partial charge is 0.322 e. The van der Waals surface area contributed by atoms with Crippen molar-refractivity contribution < 1.29 is 24.2 Å². The van der Waals surface area contributed by atoms with Crippen molar-refractivity contribution >= 4 is 17.8 Å². The van der Waals surface area contributed by atoms with Crippen LogP contribution in [0.15, 0.2) is 36.5 Å². The molecule has 0 aliphatic rings. The van der Waals surface area contributed by atoms with Gasteiger partial charge in [0.15, 0.2) is 0 Å². The number of hydrogen-bond acceptors (Lipinski definition) is 4. The number of carbonyl (C=O) groups is 3. The number of esters is 1. The molecular weight excluding hydrogens is 550 g/mol. The van der Waals surface area contributed by atoms with Crippen LogP contribution >= 0.6 is 0 Å². The molecule has 6 heteroatoms. The molecule has 0 aliphatic heterocycles. The molecule has 2 N–H and O–H groups in total. The molecule has 1 amide bonds. The van der Waals surface area contributed by atoms with E-state index in [1.807, 2.05) is 0 Å². The van der Waals surface area contributed by atoms with Gasteiger partial charge in [-0.25, -0.2) is 0 Å². The van der Waals surface area contributed by atoms with Crippen molar-refractivity contribution in [1.82, 2.24) is 5.32 Å². The molecular formula is C38H67NO5. The molecule has 0 aromatic heterocycles. The zero-order chi connectivity index (χ0) is 32.4. The van der Waals surface area contributed by atoms with Gasteiger partial charge in [0.1, 0.15) is 12.6 Å². The first kappa shape index (κ1) is 41.6. The molecule has 1 atom stereocenters. The Bertz CT molecular complexity index is 773. The van der Waals surface area contributed by atoms with Gasteiger partial charge in [-0.3, -0.25) is 14.4 Å². The molecule has 0 saturated carbocycles. The van der Waals surface area contributed by atoms with Crippen LogP contribution in [0.5, 0.6) is 0 Å². The number of carboxylic acid groups (broad SMARTS) is 1. The number of amides is 1. The highest BCUT2D eigenvalue weighted by Crippen LogP contribution is 2.18. The third-order valence-electron chi connectivity index (χ3n) is 7.83. The summed E-state index contributed by atoms with van der Waals surface area (Å²) in [5.74, 6) is -1.28. The third kappa shape index (κ3) is 32.5. The highest BCUT2D eigenvalue weighted by molar-refractivity contribution is 5.80. The van der Waals surface area contributed by atoms with Gasteiger partial charge in [0.25, 0.3) is 0 Å². The van der Waals surface area contributed by atoms with Crippen molar-refractivity contribution in [1.29, 1.82) is 0 Å². The van der Waals surface area contributed by atoms with E-state index in [9.17, 15) is 14.4 Å².